The lowest BCUT2D eigenvalue weighted by atomic mass is 9.85. The Morgan fingerprint density at radius 1 is 0.815 bits per heavy atom. The average molecular weight is 359 g/mol. The molecular weight excluding hydrogens is 338 g/mol. The third-order valence-corrected chi connectivity index (χ3v) is 6.00. The first-order valence-corrected chi connectivity index (χ1v) is 9.43. The van der Waals surface area contributed by atoms with Gasteiger partial charge in [-0.25, -0.2) is 0 Å². The van der Waals surface area contributed by atoms with Gasteiger partial charge in [0.05, 0.1) is 17.5 Å². The van der Waals surface area contributed by atoms with E-state index >= 15 is 0 Å². The highest BCUT2D eigenvalue weighted by atomic mass is 16.5. The zero-order valence-electron chi connectivity index (χ0n) is 15.4. The predicted molar refractivity (Wildman–Crippen MR) is 103 cm³/mol. The van der Waals surface area contributed by atoms with Crippen molar-refractivity contribution in [2.24, 2.45) is 23.7 Å². The van der Waals surface area contributed by atoms with Crippen molar-refractivity contribution < 1.29 is 14.3 Å². The van der Waals surface area contributed by atoms with Gasteiger partial charge in [-0.3, -0.25) is 14.5 Å². The van der Waals surface area contributed by atoms with E-state index in [9.17, 15) is 9.59 Å². The molecule has 4 heteroatoms. The van der Waals surface area contributed by atoms with E-state index in [1.807, 2.05) is 38.1 Å². The molecule has 0 unspecified atom stereocenters. The number of amides is 2. The molecule has 0 aromatic heterocycles. The van der Waals surface area contributed by atoms with Gasteiger partial charge in [0.25, 0.3) is 0 Å². The summed E-state index contributed by atoms with van der Waals surface area (Å²) in [5.41, 5.74) is 2.92. The summed E-state index contributed by atoms with van der Waals surface area (Å²) in [6.07, 6.45) is 5.17. The lowest BCUT2D eigenvalue weighted by molar-refractivity contribution is -0.123. The summed E-state index contributed by atoms with van der Waals surface area (Å²) in [4.78, 5) is 27.1. The number of imide groups is 1. The fourth-order valence-corrected chi connectivity index (χ4v) is 4.95. The number of anilines is 1. The first kappa shape index (κ1) is 16.3. The van der Waals surface area contributed by atoms with Crippen LogP contribution in [-0.2, 0) is 9.59 Å². The van der Waals surface area contributed by atoms with Crippen LogP contribution in [-0.4, -0.2) is 11.8 Å². The highest BCUT2D eigenvalue weighted by Crippen LogP contribution is 2.53. The van der Waals surface area contributed by atoms with Crippen molar-refractivity contribution in [2.45, 2.75) is 20.3 Å². The fraction of sp³-hybridized carbons (Fsp3) is 0.304. The number of benzene rings is 2. The summed E-state index contributed by atoms with van der Waals surface area (Å²) in [6.45, 7) is 4.07. The summed E-state index contributed by atoms with van der Waals surface area (Å²) in [7, 11) is 0. The molecule has 1 saturated heterocycles. The Morgan fingerprint density at radius 3 is 1.93 bits per heavy atom. The van der Waals surface area contributed by atoms with Gasteiger partial charge in [-0.15, -0.1) is 0 Å². The molecule has 3 aliphatic rings. The molecule has 4 atom stereocenters. The van der Waals surface area contributed by atoms with Crippen LogP contribution in [0.5, 0.6) is 11.5 Å². The number of allylic oxidation sites excluding steroid dienone is 2. The van der Waals surface area contributed by atoms with Crippen LogP contribution in [0.1, 0.15) is 17.5 Å². The quantitative estimate of drug-likeness (QED) is 0.602. The van der Waals surface area contributed by atoms with Crippen molar-refractivity contribution in [3.05, 3.63) is 65.7 Å². The molecule has 0 spiro atoms. The monoisotopic (exact) mass is 359 g/mol. The Kier molecular flexibility index (Phi) is 3.51. The van der Waals surface area contributed by atoms with E-state index in [1.54, 1.807) is 12.1 Å². The molecule has 4 nitrogen and oxygen atoms in total. The third kappa shape index (κ3) is 2.51. The summed E-state index contributed by atoms with van der Waals surface area (Å²) < 4.78 is 5.93. The largest absolute Gasteiger partial charge is 0.457 e. The Balaban J connectivity index is 1.38. The molecule has 1 heterocycles. The molecule has 1 saturated carbocycles. The smallest absolute Gasteiger partial charge is 0.238 e. The van der Waals surface area contributed by atoms with Gasteiger partial charge in [-0.05, 0) is 79.6 Å². The Bertz CT molecular complexity index is 925. The summed E-state index contributed by atoms with van der Waals surface area (Å²) in [5.74, 6) is 1.49. The molecule has 0 N–H and O–H groups in total. The van der Waals surface area contributed by atoms with Crippen molar-refractivity contribution in [3.63, 3.8) is 0 Å². The predicted octanol–water partition coefficient (Wildman–Crippen LogP) is 4.41. The molecule has 27 heavy (non-hydrogen) atoms. The number of rotatable bonds is 3. The van der Waals surface area contributed by atoms with Gasteiger partial charge in [0, 0.05) is 0 Å². The number of carbonyl (C=O) groups excluding carboxylic acids is 2. The number of nitrogens with zero attached hydrogens (tertiary/aromatic N) is 1. The topological polar surface area (TPSA) is 46.6 Å². The molecule has 2 bridgehead atoms. The van der Waals surface area contributed by atoms with Crippen molar-refractivity contribution in [1.29, 1.82) is 0 Å². The first-order chi connectivity index (χ1) is 13.0. The van der Waals surface area contributed by atoms with E-state index in [1.165, 1.54) is 4.90 Å². The molecule has 2 aliphatic carbocycles. The zero-order valence-corrected chi connectivity index (χ0v) is 15.4. The summed E-state index contributed by atoms with van der Waals surface area (Å²) in [6, 6.07) is 13.3. The van der Waals surface area contributed by atoms with Crippen molar-refractivity contribution >= 4 is 17.5 Å². The second-order valence-electron chi connectivity index (χ2n) is 7.93. The molecule has 5 rings (SSSR count). The molecule has 0 radical (unpaired) electrons. The normalized spacial score (nSPS) is 28.1. The van der Waals surface area contributed by atoms with Crippen LogP contribution in [0.15, 0.2) is 54.6 Å². The second-order valence-corrected chi connectivity index (χ2v) is 7.93. The minimum absolute atomic E-state index is 0.0511. The van der Waals surface area contributed by atoms with Crippen LogP contribution in [0.25, 0.3) is 0 Å². The first-order valence-electron chi connectivity index (χ1n) is 9.43. The maximum atomic E-state index is 12.9. The van der Waals surface area contributed by atoms with E-state index in [0.717, 1.165) is 23.3 Å². The van der Waals surface area contributed by atoms with Gasteiger partial charge in [0.15, 0.2) is 0 Å². The van der Waals surface area contributed by atoms with Gasteiger partial charge in [-0.2, -0.15) is 0 Å². The zero-order chi connectivity index (χ0) is 18.7. The average Bonchev–Trinajstić information content (AvgIpc) is 3.29. The SMILES string of the molecule is Cc1cc(C)cc(Oc2ccc(N3C(=O)[C@@H]4[C@@H](C3=O)[C@H]3C=C[C@H]4C3)cc2)c1. The highest BCUT2D eigenvalue weighted by Gasteiger charge is 2.59. The van der Waals surface area contributed by atoms with E-state index in [-0.39, 0.29) is 35.5 Å². The molecular formula is C23H21NO3. The van der Waals surface area contributed by atoms with E-state index in [4.69, 9.17) is 4.74 Å². The van der Waals surface area contributed by atoms with Crippen LogP contribution in [0.4, 0.5) is 5.69 Å². The molecule has 2 aromatic carbocycles. The van der Waals surface area contributed by atoms with Crippen LogP contribution >= 0.6 is 0 Å². The maximum Gasteiger partial charge on any atom is 0.238 e. The maximum absolute atomic E-state index is 12.9. The third-order valence-electron chi connectivity index (χ3n) is 6.00. The van der Waals surface area contributed by atoms with E-state index < -0.39 is 0 Å². The number of fused-ring (bicyclic) bond motifs is 5. The van der Waals surface area contributed by atoms with Crippen molar-refractivity contribution in [3.8, 4) is 11.5 Å². The standard InChI is InChI=1S/C23H21NO3/c1-13-9-14(2)11-19(10-13)27-18-7-5-17(6-8-18)24-22(25)20-15-3-4-16(12-15)21(20)23(24)26/h3-11,15-16,20-21H,12H2,1-2H3/t15-,16-,20-,21-/m0/s1. The van der Waals surface area contributed by atoms with Crippen LogP contribution in [0.2, 0.25) is 0 Å². The van der Waals surface area contributed by atoms with Gasteiger partial charge in [-0.1, -0.05) is 18.2 Å². The molecule has 136 valence electrons. The highest BCUT2D eigenvalue weighted by molar-refractivity contribution is 6.22. The fourth-order valence-electron chi connectivity index (χ4n) is 4.95. The number of hydrogen-bond donors (Lipinski definition) is 0. The molecule has 1 aliphatic heterocycles. The Morgan fingerprint density at radius 2 is 1.37 bits per heavy atom. The number of ether oxygens (including phenoxy) is 1. The van der Waals surface area contributed by atoms with Crippen LogP contribution in [0.3, 0.4) is 0 Å². The second kappa shape index (κ2) is 5.81. The molecule has 2 amide bonds. The summed E-state index contributed by atoms with van der Waals surface area (Å²) in [5, 5.41) is 0. The number of carbonyl (C=O) groups is 2. The van der Waals surface area contributed by atoms with Gasteiger partial charge in [0.2, 0.25) is 11.8 Å². The number of aryl methyl sites for hydroxylation is 2. The minimum Gasteiger partial charge on any atom is -0.457 e. The van der Waals surface area contributed by atoms with Crippen LogP contribution < -0.4 is 9.64 Å². The number of hydrogen-bond acceptors (Lipinski definition) is 3. The van der Waals surface area contributed by atoms with Crippen LogP contribution in [0, 0.1) is 37.5 Å². The summed E-state index contributed by atoms with van der Waals surface area (Å²) >= 11 is 0. The van der Waals surface area contributed by atoms with Gasteiger partial charge in [0.1, 0.15) is 11.5 Å². The van der Waals surface area contributed by atoms with Crippen molar-refractivity contribution in [1.82, 2.24) is 0 Å². The lowest BCUT2D eigenvalue weighted by Gasteiger charge is -2.17. The minimum atomic E-state index is -0.168. The van der Waals surface area contributed by atoms with Gasteiger partial charge < -0.3 is 4.74 Å². The lowest BCUT2D eigenvalue weighted by Crippen LogP contribution is -2.32. The Labute approximate surface area is 158 Å². The molecule has 2 fully saturated rings. The van der Waals surface area contributed by atoms with Crippen molar-refractivity contribution in [2.75, 3.05) is 4.90 Å². The Hall–Kier alpha value is -2.88. The van der Waals surface area contributed by atoms with Gasteiger partial charge >= 0.3 is 0 Å². The van der Waals surface area contributed by atoms with E-state index in [2.05, 4.69) is 18.2 Å². The van der Waals surface area contributed by atoms with E-state index in [0.29, 0.717) is 11.4 Å². The molecule has 2 aromatic rings.